The summed E-state index contributed by atoms with van der Waals surface area (Å²) in [5, 5.41) is 1.88. The highest BCUT2D eigenvalue weighted by molar-refractivity contribution is 7.15. The van der Waals surface area contributed by atoms with E-state index in [1.165, 1.54) is 17.8 Å². The van der Waals surface area contributed by atoms with Crippen molar-refractivity contribution in [2.75, 3.05) is 26.2 Å². The monoisotopic (exact) mass is 374 g/mol. The van der Waals surface area contributed by atoms with Gasteiger partial charge in [-0.15, -0.1) is 11.3 Å². The maximum absolute atomic E-state index is 12.8. The van der Waals surface area contributed by atoms with E-state index in [4.69, 9.17) is 0 Å². The highest BCUT2D eigenvalue weighted by atomic mass is 32.1. The van der Waals surface area contributed by atoms with Gasteiger partial charge in [0.1, 0.15) is 0 Å². The van der Waals surface area contributed by atoms with Crippen LogP contribution in [0.25, 0.3) is 4.96 Å². The number of aromatic nitrogens is 2. The highest BCUT2D eigenvalue weighted by Gasteiger charge is 2.30. The van der Waals surface area contributed by atoms with Gasteiger partial charge in [0.2, 0.25) is 5.91 Å². The van der Waals surface area contributed by atoms with Crippen LogP contribution in [-0.4, -0.2) is 51.3 Å². The Morgan fingerprint density at radius 3 is 2.85 bits per heavy atom. The van der Waals surface area contributed by atoms with Crippen LogP contribution in [0, 0.1) is 11.8 Å². The van der Waals surface area contributed by atoms with E-state index in [1.807, 2.05) is 5.38 Å². The normalized spacial score (nSPS) is 22.8. The fourth-order valence-corrected chi connectivity index (χ4v) is 4.92. The van der Waals surface area contributed by atoms with Gasteiger partial charge < -0.3 is 4.90 Å². The lowest BCUT2D eigenvalue weighted by molar-refractivity contribution is -0.138. The molecule has 2 aromatic rings. The van der Waals surface area contributed by atoms with Crippen molar-refractivity contribution < 1.29 is 4.79 Å². The van der Waals surface area contributed by atoms with Crippen molar-refractivity contribution in [3.05, 3.63) is 33.7 Å². The second kappa shape index (κ2) is 7.48. The van der Waals surface area contributed by atoms with Crippen LogP contribution in [0.15, 0.2) is 22.4 Å². The Morgan fingerprint density at radius 2 is 2.08 bits per heavy atom. The van der Waals surface area contributed by atoms with E-state index >= 15 is 0 Å². The third-order valence-corrected chi connectivity index (χ3v) is 6.40. The largest absolute Gasteiger partial charge is 0.342 e. The summed E-state index contributed by atoms with van der Waals surface area (Å²) in [6.07, 6.45) is 5.95. The number of amides is 1. The quantitative estimate of drug-likeness (QED) is 0.827. The standard InChI is InChI=1S/C19H26N4O2S/c1-14-3-2-6-22(12-14)18(25)15-4-7-21(8-5-15)13-16-11-17(24)23-9-10-26-19(23)20-16/h9-11,14-15H,2-8,12-13H2,1H3/t14-/m1/s1. The number of likely N-dealkylation sites (tertiary alicyclic amines) is 2. The average molecular weight is 375 g/mol. The summed E-state index contributed by atoms with van der Waals surface area (Å²) >= 11 is 1.48. The zero-order chi connectivity index (χ0) is 18.1. The predicted octanol–water partition coefficient (Wildman–Crippen LogP) is 2.23. The lowest BCUT2D eigenvalue weighted by Crippen LogP contribution is -2.45. The summed E-state index contributed by atoms with van der Waals surface area (Å²) in [4.78, 5) is 34.6. The molecule has 0 spiro atoms. The first-order chi connectivity index (χ1) is 12.6. The molecule has 2 aromatic heterocycles. The molecule has 26 heavy (non-hydrogen) atoms. The van der Waals surface area contributed by atoms with E-state index in [1.54, 1.807) is 16.7 Å². The Kier molecular flexibility index (Phi) is 5.09. The summed E-state index contributed by atoms with van der Waals surface area (Å²) in [6, 6.07) is 1.63. The van der Waals surface area contributed by atoms with Gasteiger partial charge in [-0.25, -0.2) is 4.98 Å². The molecule has 4 heterocycles. The molecule has 0 unspecified atom stereocenters. The Bertz CT molecular complexity index is 837. The van der Waals surface area contributed by atoms with Crippen LogP contribution in [-0.2, 0) is 11.3 Å². The summed E-state index contributed by atoms with van der Waals surface area (Å²) in [5.41, 5.74) is 0.808. The number of fused-ring (bicyclic) bond motifs is 1. The maximum atomic E-state index is 12.8. The van der Waals surface area contributed by atoms with Crippen molar-refractivity contribution in [1.82, 2.24) is 19.2 Å². The van der Waals surface area contributed by atoms with E-state index in [0.717, 1.165) is 56.1 Å². The molecule has 6 nitrogen and oxygen atoms in total. The molecule has 1 amide bonds. The van der Waals surface area contributed by atoms with Gasteiger partial charge in [-0.2, -0.15) is 0 Å². The second-order valence-corrected chi connectivity index (χ2v) is 8.60. The molecule has 2 saturated heterocycles. The predicted molar refractivity (Wildman–Crippen MR) is 102 cm³/mol. The van der Waals surface area contributed by atoms with Gasteiger partial charge in [-0.3, -0.25) is 18.9 Å². The molecule has 2 fully saturated rings. The molecule has 2 aliphatic heterocycles. The molecular weight excluding hydrogens is 348 g/mol. The number of thiazole rings is 1. The van der Waals surface area contributed by atoms with Crippen LogP contribution in [0.3, 0.4) is 0 Å². The third kappa shape index (κ3) is 3.69. The van der Waals surface area contributed by atoms with Crippen molar-refractivity contribution in [2.24, 2.45) is 11.8 Å². The minimum absolute atomic E-state index is 0.0180. The molecule has 0 aliphatic carbocycles. The van der Waals surface area contributed by atoms with Gasteiger partial charge >= 0.3 is 0 Å². The number of carbonyl (C=O) groups excluding carboxylic acids is 1. The summed E-state index contributed by atoms with van der Waals surface area (Å²) in [7, 11) is 0. The summed E-state index contributed by atoms with van der Waals surface area (Å²) in [5.74, 6) is 1.15. The van der Waals surface area contributed by atoms with Crippen LogP contribution in [0.5, 0.6) is 0 Å². The van der Waals surface area contributed by atoms with Gasteiger partial charge in [0.25, 0.3) is 5.56 Å². The summed E-state index contributed by atoms with van der Waals surface area (Å²) < 4.78 is 1.58. The van der Waals surface area contributed by atoms with E-state index in [-0.39, 0.29) is 11.5 Å². The number of hydrogen-bond acceptors (Lipinski definition) is 5. The van der Waals surface area contributed by atoms with E-state index < -0.39 is 0 Å². The van der Waals surface area contributed by atoms with Crippen LogP contribution in [0.2, 0.25) is 0 Å². The molecule has 4 rings (SSSR count). The van der Waals surface area contributed by atoms with Gasteiger partial charge in [0.15, 0.2) is 4.96 Å². The van der Waals surface area contributed by atoms with E-state index in [9.17, 15) is 9.59 Å². The van der Waals surface area contributed by atoms with E-state index in [0.29, 0.717) is 18.4 Å². The minimum Gasteiger partial charge on any atom is -0.342 e. The van der Waals surface area contributed by atoms with Crippen molar-refractivity contribution >= 4 is 22.2 Å². The fraction of sp³-hybridized carbons (Fsp3) is 0.632. The number of nitrogens with zero attached hydrogens (tertiary/aromatic N) is 4. The molecule has 140 valence electrons. The first kappa shape index (κ1) is 17.7. The molecule has 0 aromatic carbocycles. The molecule has 0 bridgehead atoms. The van der Waals surface area contributed by atoms with Gasteiger partial charge in [-0.05, 0) is 44.7 Å². The first-order valence-electron chi connectivity index (χ1n) is 9.57. The fourth-order valence-electron chi connectivity index (χ4n) is 4.18. The Balaban J connectivity index is 1.34. The zero-order valence-corrected chi connectivity index (χ0v) is 16.1. The number of piperidine rings is 2. The lowest BCUT2D eigenvalue weighted by Gasteiger charge is -2.37. The van der Waals surface area contributed by atoms with Gasteiger partial charge in [0, 0.05) is 43.2 Å². The molecule has 0 radical (unpaired) electrons. The van der Waals surface area contributed by atoms with Crippen LogP contribution < -0.4 is 5.56 Å². The van der Waals surface area contributed by atoms with Crippen LogP contribution in [0.4, 0.5) is 0 Å². The van der Waals surface area contributed by atoms with Crippen molar-refractivity contribution in [3.8, 4) is 0 Å². The number of rotatable bonds is 3. The van der Waals surface area contributed by atoms with Gasteiger partial charge in [-0.1, -0.05) is 6.92 Å². The van der Waals surface area contributed by atoms with Crippen LogP contribution >= 0.6 is 11.3 Å². The van der Waals surface area contributed by atoms with Crippen molar-refractivity contribution in [3.63, 3.8) is 0 Å². The molecule has 7 heteroatoms. The summed E-state index contributed by atoms with van der Waals surface area (Å²) in [6.45, 7) is 6.57. The molecular formula is C19H26N4O2S. The van der Waals surface area contributed by atoms with Crippen molar-refractivity contribution in [1.29, 1.82) is 0 Å². The Morgan fingerprint density at radius 1 is 1.27 bits per heavy atom. The molecule has 0 saturated carbocycles. The number of carbonyl (C=O) groups is 1. The van der Waals surface area contributed by atoms with E-state index in [2.05, 4.69) is 21.7 Å². The second-order valence-electron chi connectivity index (χ2n) is 7.72. The average Bonchev–Trinajstić information content (AvgIpc) is 3.11. The minimum atomic E-state index is -0.0180. The Labute approximate surface area is 157 Å². The highest BCUT2D eigenvalue weighted by Crippen LogP contribution is 2.24. The SMILES string of the molecule is C[C@@H]1CCCN(C(=O)C2CCN(Cc3cc(=O)n4ccsc4n3)CC2)C1. The zero-order valence-electron chi connectivity index (χ0n) is 15.3. The Hall–Kier alpha value is -1.73. The smallest absolute Gasteiger partial charge is 0.258 e. The molecule has 2 aliphatic rings. The first-order valence-corrected chi connectivity index (χ1v) is 10.4. The van der Waals surface area contributed by atoms with Crippen LogP contribution in [0.1, 0.15) is 38.3 Å². The molecule has 1 atom stereocenters. The third-order valence-electron chi connectivity index (χ3n) is 5.65. The maximum Gasteiger partial charge on any atom is 0.258 e. The van der Waals surface area contributed by atoms with Crippen molar-refractivity contribution in [2.45, 2.75) is 39.2 Å². The molecule has 0 N–H and O–H groups in total. The number of hydrogen-bond donors (Lipinski definition) is 0. The topological polar surface area (TPSA) is 57.9 Å². The van der Waals surface area contributed by atoms with Gasteiger partial charge in [0.05, 0.1) is 5.69 Å². The lowest BCUT2D eigenvalue weighted by atomic mass is 9.92.